The van der Waals surface area contributed by atoms with Crippen molar-refractivity contribution >= 4 is 25.1 Å². The Morgan fingerprint density at radius 1 is 1.04 bits per heavy atom. The maximum absolute atomic E-state index is 11.9. The Labute approximate surface area is 137 Å². The van der Waals surface area contributed by atoms with Crippen LogP contribution in [0.2, 0.25) is 0 Å². The second-order valence-corrected chi connectivity index (χ2v) is 8.69. The Hall–Kier alpha value is -0.200. The van der Waals surface area contributed by atoms with E-state index in [1.807, 2.05) is 9.24 Å². The summed E-state index contributed by atoms with van der Waals surface area (Å²) in [6, 6.07) is 0. The molecule has 0 aliphatic heterocycles. The second kappa shape index (κ2) is 9.33. The van der Waals surface area contributed by atoms with Gasteiger partial charge in [-0.1, -0.05) is 19.3 Å². The first kappa shape index (κ1) is 20.8. The van der Waals surface area contributed by atoms with Gasteiger partial charge in [-0.15, -0.1) is 0 Å². The number of Topliss-reactive ketones (excluding diaryl/α,β-unsaturated/α-hetero) is 1. The fraction of sp³-hybridized carbons (Fsp3) is 0.929. The Morgan fingerprint density at radius 3 is 2.04 bits per heavy atom. The van der Waals surface area contributed by atoms with Gasteiger partial charge in [0.2, 0.25) is 0 Å². The van der Waals surface area contributed by atoms with Gasteiger partial charge in [0.1, 0.15) is 5.66 Å². The van der Waals surface area contributed by atoms with E-state index in [2.05, 4.69) is 4.18 Å². The highest BCUT2D eigenvalue weighted by molar-refractivity contribution is 7.87. The number of halogens is 3. The quantitative estimate of drug-likeness (QED) is 0.429. The number of rotatable bonds is 3. The van der Waals surface area contributed by atoms with Gasteiger partial charge in [-0.2, -0.15) is 21.6 Å². The Morgan fingerprint density at radius 2 is 1.61 bits per heavy atom. The monoisotopic (exact) mass is 377 g/mol. The van der Waals surface area contributed by atoms with E-state index in [1.54, 1.807) is 0 Å². The lowest BCUT2D eigenvalue weighted by atomic mass is 9.90. The van der Waals surface area contributed by atoms with E-state index in [9.17, 15) is 26.4 Å². The zero-order chi connectivity index (χ0) is 17.5. The summed E-state index contributed by atoms with van der Waals surface area (Å²) in [5.41, 5.74) is -4.91. The van der Waals surface area contributed by atoms with Crippen molar-refractivity contribution in [2.24, 2.45) is 5.92 Å². The minimum atomic E-state index is -5.40. The summed E-state index contributed by atoms with van der Waals surface area (Å²) < 4.78 is 60.7. The summed E-state index contributed by atoms with van der Waals surface area (Å²) in [5, 5.41) is 0. The fourth-order valence-electron chi connectivity index (χ4n) is 2.66. The number of ketones is 1. The molecule has 2 aliphatic rings. The molecule has 0 aromatic rings. The van der Waals surface area contributed by atoms with E-state index in [1.165, 1.54) is 6.42 Å². The number of carbonyl (C=O) groups excluding carboxylic acids is 1. The molecule has 4 nitrogen and oxygen atoms in total. The van der Waals surface area contributed by atoms with E-state index in [4.69, 9.17) is 0 Å². The van der Waals surface area contributed by atoms with Crippen LogP contribution in [0.3, 0.4) is 0 Å². The lowest BCUT2D eigenvalue weighted by Gasteiger charge is -2.21. The molecule has 0 heterocycles. The van der Waals surface area contributed by atoms with Gasteiger partial charge in [-0.25, -0.2) is 0 Å². The van der Waals surface area contributed by atoms with Crippen molar-refractivity contribution < 1.29 is 30.6 Å². The first-order valence-corrected chi connectivity index (χ1v) is 10.2. The molecule has 0 bridgehead atoms. The van der Waals surface area contributed by atoms with Gasteiger partial charge in [0.25, 0.3) is 0 Å². The molecule has 2 aliphatic carbocycles. The highest BCUT2D eigenvalue weighted by atomic mass is 32.2. The third kappa shape index (κ3) is 7.48. The molecule has 23 heavy (non-hydrogen) atoms. The van der Waals surface area contributed by atoms with Gasteiger partial charge in [0.05, 0.1) is 6.61 Å². The highest BCUT2D eigenvalue weighted by Crippen LogP contribution is 2.28. The van der Waals surface area contributed by atoms with Crippen molar-refractivity contribution in [3.8, 4) is 0 Å². The normalized spacial score (nSPS) is 24.1. The zero-order valence-corrected chi connectivity index (χ0v) is 15.3. The summed E-state index contributed by atoms with van der Waals surface area (Å²) in [4.78, 5) is 10.8. The van der Waals surface area contributed by atoms with Gasteiger partial charge >= 0.3 is 15.6 Å². The average Bonchev–Trinajstić information content (AvgIpc) is 2.49. The number of carbonyl (C=O) groups is 1. The molecule has 0 N–H and O–H groups in total. The number of hydrogen-bond acceptors (Lipinski definition) is 4. The lowest BCUT2D eigenvalue weighted by molar-refractivity contribution is -0.119. The molecule has 0 spiro atoms. The summed E-state index contributed by atoms with van der Waals surface area (Å²) in [7, 11) is -3.56. The van der Waals surface area contributed by atoms with E-state index in [0.717, 1.165) is 51.4 Å². The van der Waals surface area contributed by atoms with Gasteiger partial charge < -0.3 is 0 Å². The molecule has 2 unspecified atom stereocenters. The summed E-state index contributed by atoms with van der Waals surface area (Å²) >= 11 is 0. The van der Waals surface area contributed by atoms with Crippen LogP contribution in [0.4, 0.5) is 13.2 Å². The lowest BCUT2D eigenvalue weighted by Crippen LogP contribution is -2.28. The molecular weight excluding hydrogens is 352 g/mol. The first-order valence-electron chi connectivity index (χ1n) is 7.95. The van der Waals surface area contributed by atoms with Crippen molar-refractivity contribution in [1.82, 2.24) is 0 Å². The maximum atomic E-state index is 11.9. The Balaban J connectivity index is 0.000000277. The summed E-state index contributed by atoms with van der Waals surface area (Å²) in [6.45, 7) is -0.345. The van der Waals surface area contributed by atoms with Crippen LogP contribution in [0, 0.1) is 5.92 Å². The molecule has 0 saturated heterocycles. The maximum Gasteiger partial charge on any atom is 0.523 e. The molecule has 2 fully saturated rings. The van der Waals surface area contributed by atoms with E-state index in [-0.39, 0.29) is 12.5 Å². The van der Waals surface area contributed by atoms with Crippen molar-refractivity contribution in [2.75, 3.05) is 6.61 Å². The van der Waals surface area contributed by atoms with E-state index >= 15 is 0 Å². The topological polar surface area (TPSA) is 60.4 Å². The number of hydrogen-bond donors (Lipinski definition) is 0. The predicted octanol–water partition coefficient (Wildman–Crippen LogP) is 3.54. The molecule has 0 radical (unpaired) electrons. The van der Waals surface area contributed by atoms with Crippen molar-refractivity contribution in [2.45, 2.75) is 69.0 Å². The van der Waals surface area contributed by atoms with E-state index in [0.29, 0.717) is 11.4 Å². The fourth-order valence-corrected chi connectivity index (χ4v) is 3.66. The van der Waals surface area contributed by atoms with Crippen LogP contribution in [0.5, 0.6) is 0 Å². The average molecular weight is 377 g/mol. The van der Waals surface area contributed by atoms with Gasteiger partial charge in [0, 0.05) is 6.42 Å². The standard InChI is InChI=1S/C8H13F3O3S.C6H11OP/c9-8(10,11)15(12,13)14-6-7-4-2-1-3-5-7;7-5-3-1-2-4-6(5)8/h7H,1-6H2;6H,1-4,8H2/p+1. The van der Waals surface area contributed by atoms with Gasteiger partial charge in [-0.05, 0) is 47.3 Å². The molecule has 2 rings (SSSR count). The minimum absolute atomic E-state index is 0.0594. The van der Waals surface area contributed by atoms with Crippen LogP contribution in [-0.4, -0.2) is 32.0 Å². The molecule has 0 amide bonds. The molecule has 0 aromatic carbocycles. The highest BCUT2D eigenvalue weighted by Gasteiger charge is 2.47. The third-order valence-corrected chi connectivity index (χ3v) is 6.03. The van der Waals surface area contributed by atoms with Crippen LogP contribution in [0.15, 0.2) is 0 Å². The third-order valence-electron chi connectivity index (χ3n) is 4.15. The molecule has 0 aromatic heterocycles. The van der Waals surface area contributed by atoms with Crippen molar-refractivity contribution in [3.63, 3.8) is 0 Å². The zero-order valence-electron chi connectivity index (χ0n) is 13.1. The van der Waals surface area contributed by atoms with Crippen LogP contribution in [0.25, 0.3) is 0 Å². The molecule has 2 atom stereocenters. The summed E-state index contributed by atoms with van der Waals surface area (Å²) in [6.07, 6.45) is 8.78. The number of alkyl halides is 3. The second-order valence-electron chi connectivity index (χ2n) is 6.10. The molecule has 136 valence electrons. The smallest absolute Gasteiger partial charge is 0.295 e. The Bertz CT molecular complexity index is 473. The van der Waals surface area contributed by atoms with Crippen molar-refractivity contribution in [3.05, 3.63) is 0 Å². The first-order chi connectivity index (χ1) is 10.6. The molecule has 2 saturated carbocycles. The SMILES string of the molecule is O=C1CCCCC1[PH3+].O=S(=O)(OCC1CCCCC1)C(F)(F)F. The summed E-state index contributed by atoms with van der Waals surface area (Å²) in [5.74, 6) is 0.422. The van der Waals surface area contributed by atoms with Crippen LogP contribution in [0.1, 0.15) is 57.8 Å². The van der Waals surface area contributed by atoms with Crippen LogP contribution < -0.4 is 0 Å². The van der Waals surface area contributed by atoms with Gasteiger partial charge in [-0.3, -0.25) is 8.98 Å². The van der Waals surface area contributed by atoms with Crippen LogP contribution >= 0.6 is 9.24 Å². The van der Waals surface area contributed by atoms with Crippen LogP contribution in [-0.2, 0) is 19.1 Å². The van der Waals surface area contributed by atoms with Gasteiger partial charge in [0.15, 0.2) is 5.78 Å². The van der Waals surface area contributed by atoms with E-state index < -0.39 is 15.6 Å². The predicted molar refractivity (Wildman–Crippen MR) is 85.9 cm³/mol. The largest absolute Gasteiger partial charge is 0.523 e. The Kier molecular flexibility index (Phi) is 8.45. The molecule has 9 heteroatoms. The van der Waals surface area contributed by atoms with Crippen molar-refractivity contribution in [1.29, 1.82) is 0 Å². The minimum Gasteiger partial charge on any atom is -0.295 e. The molecular formula is C14H25F3O4PS+.